The van der Waals surface area contributed by atoms with Crippen molar-refractivity contribution in [2.24, 2.45) is 5.10 Å². The maximum Gasteiger partial charge on any atom is 0.343 e. The quantitative estimate of drug-likeness (QED) is 0.207. The molecular formula is C23H19N3O5. The van der Waals surface area contributed by atoms with Gasteiger partial charge in [0.05, 0.1) is 23.1 Å². The third-order valence-corrected chi connectivity index (χ3v) is 4.29. The van der Waals surface area contributed by atoms with E-state index >= 15 is 0 Å². The van der Waals surface area contributed by atoms with Crippen molar-refractivity contribution in [2.45, 2.75) is 13.3 Å². The zero-order valence-electron chi connectivity index (χ0n) is 16.6. The number of carbonyl (C=O) groups is 2. The molecule has 3 rings (SSSR count). The van der Waals surface area contributed by atoms with Gasteiger partial charge in [-0.25, -0.2) is 10.2 Å². The summed E-state index contributed by atoms with van der Waals surface area (Å²) in [5.74, 6) is -0.404. The molecule has 3 aromatic rings. The SMILES string of the molecule is Cc1ccc(C(=O)Oc2ccc(C=NNC(=O)Cc3ccc([N+](=O)[O-])cc3)cc2)cc1. The Labute approximate surface area is 178 Å². The molecule has 3 aromatic carbocycles. The van der Waals surface area contributed by atoms with Crippen molar-refractivity contribution in [3.05, 3.63) is 105 Å². The molecule has 0 bridgehead atoms. The van der Waals surface area contributed by atoms with E-state index in [1.54, 1.807) is 36.4 Å². The van der Waals surface area contributed by atoms with Gasteiger partial charge in [-0.3, -0.25) is 14.9 Å². The van der Waals surface area contributed by atoms with Crippen LogP contribution in [0.4, 0.5) is 5.69 Å². The molecule has 0 saturated carbocycles. The number of aryl methyl sites for hydroxylation is 1. The van der Waals surface area contributed by atoms with Crippen molar-refractivity contribution in [1.29, 1.82) is 0 Å². The van der Waals surface area contributed by atoms with Gasteiger partial charge in [-0.05, 0) is 54.4 Å². The van der Waals surface area contributed by atoms with E-state index < -0.39 is 10.9 Å². The van der Waals surface area contributed by atoms with Crippen LogP contribution < -0.4 is 10.2 Å². The fraction of sp³-hybridized carbons (Fsp3) is 0.0870. The Balaban J connectivity index is 1.49. The molecule has 0 saturated heterocycles. The van der Waals surface area contributed by atoms with Crippen LogP contribution >= 0.6 is 0 Å². The van der Waals surface area contributed by atoms with Gasteiger partial charge < -0.3 is 4.74 Å². The second-order valence-corrected chi connectivity index (χ2v) is 6.72. The highest BCUT2D eigenvalue weighted by atomic mass is 16.6. The van der Waals surface area contributed by atoms with E-state index in [2.05, 4.69) is 10.5 Å². The lowest BCUT2D eigenvalue weighted by Crippen LogP contribution is -2.19. The molecule has 156 valence electrons. The van der Waals surface area contributed by atoms with Crippen molar-refractivity contribution >= 4 is 23.8 Å². The smallest absolute Gasteiger partial charge is 0.343 e. The molecule has 0 spiro atoms. The number of benzene rings is 3. The summed E-state index contributed by atoms with van der Waals surface area (Å²) in [6.45, 7) is 1.94. The van der Waals surface area contributed by atoms with Crippen molar-refractivity contribution in [3.8, 4) is 5.75 Å². The number of rotatable bonds is 7. The molecule has 0 heterocycles. The highest BCUT2D eigenvalue weighted by Gasteiger charge is 2.08. The molecular weight excluding hydrogens is 398 g/mol. The lowest BCUT2D eigenvalue weighted by Gasteiger charge is -2.05. The second-order valence-electron chi connectivity index (χ2n) is 6.72. The highest BCUT2D eigenvalue weighted by Crippen LogP contribution is 2.14. The van der Waals surface area contributed by atoms with Gasteiger partial charge in [-0.15, -0.1) is 0 Å². The van der Waals surface area contributed by atoms with Gasteiger partial charge in [-0.1, -0.05) is 29.8 Å². The van der Waals surface area contributed by atoms with Crippen molar-refractivity contribution in [2.75, 3.05) is 0 Å². The first-order valence-corrected chi connectivity index (χ1v) is 9.35. The van der Waals surface area contributed by atoms with Crippen LogP contribution in [0.15, 0.2) is 77.9 Å². The number of carbonyl (C=O) groups excluding carboxylic acids is 2. The largest absolute Gasteiger partial charge is 0.423 e. The van der Waals surface area contributed by atoms with Crippen LogP contribution in [0.3, 0.4) is 0 Å². The molecule has 0 aromatic heterocycles. The standard InChI is InChI=1S/C23H19N3O5/c1-16-2-8-19(9-3-16)23(28)31-21-12-6-18(7-13-21)15-24-25-22(27)14-17-4-10-20(11-5-17)26(29)30/h2-13,15H,14H2,1H3,(H,25,27). The molecule has 0 aliphatic rings. The fourth-order valence-electron chi connectivity index (χ4n) is 2.62. The minimum Gasteiger partial charge on any atom is -0.423 e. The lowest BCUT2D eigenvalue weighted by atomic mass is 10.1. The first-order valence-electron chi connectivity index (χ1n) is 9.35. The van der Waals surface area contributed by atoms with E-state index in [9.17, 15) is 19.7 Å². The van der Waals surface area contributed by atoms with E-state index in [4.69, 9.17) is 4.74 Å². The Kier molecular flexibility index (Phi) is 6.85. The molecule has 31 heavy (non-hydrogen) atoms. The van der Waals surface area contributed by atoms with Crippen molar-refractivity contribution in [1.82, 2.24) is 5.43 Å². The van der Waals surface area contributed by atoms with Crippen LogP contribution in [0, 0.1) is 17.0 Å². The minimum absolute atomic E-state index is 0.0322. The third-order valence-electron chi connectivity index (χ3n) is 4.29. The van der Waals surface area contributed by atoms with Crippen LogP contribution in [0.5, 0.6) is 5.75 Å². The van der Waals surface area contributed by atoms with Gasteiger partial charge in [0.1, 0.15) is 5.75 Å². The summed E-state index contributed by atoms with van der Waals surface area (Å²) < 4.78 is 5.33. The molecule has 0 aliphatic carbocycles. The number of hydrogen-bond donors (Lipinski definition) is 1. The monoisotopic (exact) mass is 417 g/mol. The van der Waals surface area contributed by atoms with Gasteiger partial charge in [0.2, 0.25) is 5.91 Å². The van der Waals surface area contributed by atoms with Gasteiger partial charge in [0, 0.05) is 12.1 Å². The number of hydrazone groups is 1. The number of nitrogens with zero attached hydrogens (tertiary/aromatic N) is 2. The van der Waals surface area contributed by atoms with E-state index in [0.29, 0.717) is 22.4 Å². The predicted octanol–water partition coefficient (Wildman–Crippen LogP) is 3.82. The number of hydrogen-bond acceptors (Lipinski definition) is 6. The number of esters is 1. The Bertz CT molecular complexity index is 1110. The Morgan fingerprint density at radius 2 is 1.65 bits per heavy atom. The normalized spacial score (nSPS) is 10.6. The first-order chi connectivity index (χ1) is 14.9. The summed E-state index contributed by atoms with van der Waals surface area (Å²) >= 11 is 0. The molecule has 0 unspecified atom stereocenters. The van der Waals surface area contributed by atoms with Gasteiger partial charge in [0.15, 0.2) is 0 Å². The Morgan fingerprint density at radius 1 is 1.00 bits per heavy atom. The molecule has 0 fully saturated rings. The topological polar surface area (TPSA) is 111 Å². The maximum absolute atomic E-state index is 12.1. The van der Waals surface area contributed by atoms with E-state index in [1.807, 2.05) is 19.1 Å². The molecule has 8 nitrogen and oxygen atoms in total. The highest BCUT2D eigenvalue weighted by molar-refractivity contribution is 5.91. The summed E-state index contributed by atoms with van der Waals surface area (Å²) in [7, 11) is 0. The summed E-state index contributed by atoms with van der Waals surface area (Å²) in [5.41, 5.74) is 5.23. The molecule has 1 N–H and O–H groups in total. The summed E-state index contributed by atoms with van der Waals surface area (Å²) in [4.78, 5) is 34.2. The maximum atomic E-state index is 12.1. The summed E-state index contributed by atoms with van der Waals surface area (Å²) in [6.07, 6.45) is 1.50. The van der Waals surface area contributed by atoms with Gasteiger partial charge >= 0.3 is 5.97 Å². The minimum atomic E-state index is -0.497. The average molecular weight is 417 g/mol. The van der Waals surface area contributed by atoms with Crippen LogP contribution in [-0.2, 0) is 11.2 Å². The number of nitro groups is 1. The number of amides is 1. The molecule has 0 radical (unpaired) electrons. The molecule has 1 amide bonds. The zero-order valence-corrected chi connectivity index (χ0v) is 16.6. The van der Waals surface area contributed by atoms with Gasteiger partial charge in [0.25, 0.3) is 5.69 Å². The Morgan fingerprint density at radius 3 is 2.26 bits per heavy atom. The molecule has 0 aliphatic heterocycles. The number of nitrogens with one attached hydrogen (secondary N) is 1. The lowest BCUT2D eigenvalue weighted by molar-refractivity contribution is -0.384. The van der Waals surface area contributed by atoms with Gasteiger partial charge in [-0.2, -0.15) is 5.10 Å². The van der Waals surface area contributed by atoms with E-state index in [0.717, 1.165) is 5.56 Å². The van der Waals surface area contributed by atoms with Crippen LogP contribution in [0.1, 0.15) is 27.0 Å². The fourth-order valence-corrected chi connectivity index (χ4v) is 2.62. The van der Waals surface area contributed by atoms with E-state index in [1.165, 1.54) is 30.5 Å². The second kappa shape index (κ2) is 9.93. The van der Waals surface area contributed by atoms with Crippen molar-refractivity contribution in [3.63, 3.8) is 0 Å². The Hall–Kier alpha value is -4.33. The zero-order chi connectivity index (χ0) is 22.2. The molecule has 0 atom stereocenters. The third kappa shape index (κ3) is 6.33. The van der Waals surface area contributed by atoms with Crippen LogP contribution in [-0.4, -0.2) is 23.0 Å². The predicted molar refractivity (Wildman–Crippen MR) is 115 cm³/mol. The summed E-state index contributed by atoms with van der Waals surface area (Å²) in [6, 6.07) is 19.5. The van der Waals surface area contributed by atoms with E-state index in [-0.39, 0.29) is 18.0 Å². The van der Waals surface area contributed by atoms with Crippen LogP contribution in [0.2, 0.25) is 0 Å². The number of ether oxygens (including phenoxy) is 1. The number of nitro benzene ring substituents is 1. The van der Waals surface area contributed by atoms with Crippen LogP contribution in [0.25, 0.3) is 0 Å². The number of non-ortho nitro benzene ring substituents is 1. The first kappa shape index (κ1) is 21.4. The molecule has 8 heteroatoms. The van der Waals surface area contributed by atoms with Crippen molar-refractivity contribution < 1.29 is 19.2 Å². The average Bonchev–Trinajstić information content (AvgIpc) is 2.76. The summed E-state index contributed by atoms with van der Waals surface area (Å²) in [5, 5.41) is 14.5.